The summed E-state index contributed by atoms with van der Waals surface area (Å²) in [6.45, 7) is -3.19. The Balaban J connectivity index is 2.94. The molecule has 108 valence electrons. The van der Waals surface area contributed by atoms with Crippen molar-refractivity contribution in [3.63, 3.8) is 0 Å². The van der Waals surface area contributed by atoms with E-state index in [-0.39, 0.29) is 25.4 Å². The summed E-state index contributed by atoms with van der Waals surface area (Å²) in [4.78, 5) is 12.1. The number of hydrogen-bond donors (Lipinski definition) is 1. The van der Waals surface area contributed by atoms with Crippen molar-refractivity contribution in [1.82, 2.24) is 4.90 Å². The zero-order valence-corrected chi connectivity index (χ0v) is 11.1. The number of terminal acetylenes is 1. The maximum Gasteiger partial charge on any atom is 0.387 e. The Morgan fingerprint density at radius 3 is 2.80 bits per heavy atom. The maximum atomic E-state index is 12.3. The largest absolute Gasteiger partial charge is 0.480 e. The van der Waals surface area contributed by atoms with E-state index in [2.05, 4.69) is 10.7 Å². The van der Waals surface area contributed by atoms with E-state index in [0.29, 0.717) is 10.6 Å². The molecule has 0 bridgehead atoms. The quantitative estimate of drug-likeness (QED) is 0.786. The number of nitrogens with zero attached hydrogens (tertiary/aromatic N) is 1. The summed E-state index contributed by atoms with van der Waals surface area (Å²) in [5, 5.41) is 9.10. The first-order chi connectivity index (χ1) is 9.42. The molecule has 0 heterocycles. The van der Waals surface area contributed by atoms with Crippen molar-refractivity contribution in [3.05, 3.63) is 28.8 Å². The van der Waals surface area contributed by atoms with Gasteiger partial charge in [-0.2, -0.15) is 8.78 Å². The first-order valence-electron chi connectivity index (χ1n) is 5.53. The Labute approximate surface area is 119 Å². The van der Waals surface area contributed by atoms with Crippen molar-refractivity contribution in [3.8, 4) is 18.1 Å². The second kappa shape index (κ2) is 7.68. The Hall–Kier alpha value is -1.84. The molecule has 0 aliphatic heterocycles. The van der Waals surface area contributed by atoms with E-state index in [9.17, 15) is 13.6 Å². The SMILES string of the molecule is C#CCN(CC(=O)O)Cc1cc(Cl)ccc1OC(F)F. The van der Waals surface area contributed by atoms with Gasteiger partial charge in [-0.1, -0.05) is 17.5 Å². The van der Waals surface area contributed by atoms with Crippen LogP contribution in [0.3, 0.4) is 0 Å². The minimum absolute atomic E-state index is 0.0408. The van der Waals surface area contributed by atoms with Crippen LogP contribution in [-0.2, 0) is 11.3 Å². The zero-order valence-electron chi connectivity index (χ0n) is 10.4. The second-order valence-electron chi connectivity index (χ2n) is 3.87. The summed E-state index contributed by atoms with van der Waals surface area (Å²) in [6, 6.07) is 4.15. The molecule has 7 heteroatoms. The molecule has 0 atom stereocenters. The Kier molecular flexibility index (Phi) is 6.22. The van der Waals surface area contributed by atoms with E-state index in [1.54, 1.807) is 0 Å². The van der Waals surface area contributed by atoms with Crippen molar-refractivity contribution < 1.29 is 23.4 Å². The van der Waals surface area contributed by atoms with Crippen LogP contribution in [0.25, 0.3) is 0 Å². The number of carboxylic acid groups (broad SMARTS) is 1. The fourth-order valence-corrected chi connectivity index (χ4v) is 1.81. The third-order valence-electron chi connectivity index (χ3n) is 2.31. The third-order valence-corrected chi connectivity index (χ3v) is 2.54. The number of rotatable bonds is 7. The summed E-state index contributed by atoms with van der Waals surface area (Å²) in [5.74, 6) is 1.18. The number of alkyl halides is 2. The lowest BCUT2D eigenvalue weighted by Gasteiger charge is -2.19. The van der Waals surface area contributed by atoms with Gasteiger partial charge in [0.2, 0.25) is 0 Å². The van der Waals surface area contributed by atoms with Crippen molar-refractivity contribution in [2.75, 3.05) is 13.1 Å². The van der Waals surface area contributed by atoms with Crippen LogP contribution >= 0.6 is 11.6 Å². The molecule has 1 aromatic rings. The highest BCUT2D eigenvalue weighted by Gasteiger charge is 2.15. The lowest BCUT2D eigenvalue weighted by Crippen LogP contribution is -2.30. The van der Waals surface area contributed by atoms with Crippen LogP contribution in [0.2, 0.25) is 5.02 Å². The lowest BCUT2D eigenvalue weighted by atomic mass is 10.2. The molecule has 1 aromatic carbocycles. The molecular weight excluding hydrogens is 292 g/mol. The van der Waals surface area contributed by atoms with Gasteiger partial charge in [-0.15, -0.1) is 6.42 Å². The monoisotopic (exact) mass is 303 g/mol. The number of benzene rings is 1. The Bertz CT molecular complexity index is 517. The van der Waals surface area contributed by atoms with E-state index in [1.165, 1.54) is 23.1 Å². The van der Waals surface area contributed by atoms with E-state index >= 15 is 0 Å². The second-order valence-corrected chi connectivity index (χ2v) is 4.31. The number of carbonyl (C=O) groups is 1. The van der Waals surface area contributed by atoms with Gasteiger partial charge in [-0.3, -0.25) is 9.69 Å². The van der Waals surface area contributed by atoms with Gasteiger partial charge < -0.3 is 9.84 Å². The minimum atomic E-state index is -2.98. The first-order valence-corrected chi connectivity index (χ1v) is 5.91. The summed E-state index contributed by atoms with van der Waals surface area (Å²) < 4.78 is 29.0. The van der Waals surface area contributed by atoms with E-state index < -0.39 is 12.6 Å². The van der Waals surface area contributed by atoms with Crippen LogP contribution < -0.4 is 4.74 Å². The molecule has 0 fully saturated rings. The molecule has 0 aromatic heterocycles. The van der Waals surface area contributed by atoms with Gasteiger partial charge in [0, 0.05) is 17.1 Å². The highest BCUT2D eigenvalue weighted by Crippen LogP contribution is 2.25. The summed E-state index contributed by atoms with van der Waals surface area (Å²) in [5.41, 5.74) is 0.342. The maximum absolute atomic E-state index is 12.3. The van der Waals surface area contributed by atoms with Crippen LogP contribution in [0.5, 0.6) is 5.75 Å². The van der Waals surface area contributed by atoms with E-state index in [1.807, 2.05) is 0 Å². The molecule has 0 aliphatic carbocycles. The molecule has 0 unspecified atom stereocenters. The van der Waals surface area contributed by atoms with E-state index in [4.69, 9.17) is 23.1 Å². The van der Waals surface area contributed by atoms with Gasteiger partial charge in [0.1, 0.15) is 5.75 Å². The summed E-state index contributed by atoms with van der Waals surface area (Å²) in [6.07, 6.45) is 5.15. The minimum Gasteiger partial charge on any atom is -0.480 e. The first kappa shape index (κ1) is 16.2. The van der Waals surface area contributed by atoms with Gasteiger partial charge in [0.25, 0.3) is 0 Å². The number of halogens is 3. The number of ether oxygens (including phenoxy) is 1. The van der Waals surface area contributed by atoms with Gasteiger partial charge in [-0.25, -0.2) is 0 Å². The third kappa shape index (κ3) is 5.43. The Morgan fingerprint density at radius 2 is 2.25 bits per heavy atom. The van der Waals surface area contributed by atoms with Crippen LogP contribution in [0.15, 0.2) is 18.2 Å². The van der Waals surface area contributed by atoms with Crippen molar-refractivity contribution in [2.45, 2.75) is 13.2 Å². The number of carboxylic acids is 1. The average Bonchev–Trinajstić information content (AvgIpc) is 2.31. The normalized spacial score (nSPS) is 10.6. The molecule has 0 aliphatic rings. The van der Waals surface area contributed by atoms with Crippen molar-refractivity contribution >= 4 is 17.6 Å². The highest BCUT2D eigenvalue weighted by molar-refractivity contribution is 6.30. The van der Waals surface area contributed by atoms with Gasteiger partial charge in [-0.05, 0) is 18.2 Å². The van der Waals surface area contributed by atoms with E-state index in [0.717, 1.165) is 0 Å². The topological polar surface area (TPSA) is 49.8 Å². The number of aliphatic carboxylic acids is 1. The standard InChI is InChI=1S/C13H12ClF2NO3/c1-2-5-17(8-12(18)19)7-9-6-10(14)3-4-11(9)20-13(15)16/h1,3-4,6,13H,5,7-8H2,(H,18,19). The molecule has 0 spiro atoms. The van der Waals surface area contributed by atoms with Crippen LogP contribution in [0.1, 0.15) is 5.56 Å². The molecule has 0 saturated heterocycles. The summed E-state index contributed by atoms with van der Waals surface area (Å²) >= 11 is 5.80. The highest BCUT2D eigenvalue weighted by atomic mass is 35.5. The molecule has 20 heavy (non-hydrogen) atoms. The van der Waals surface area contributed by atoms with Gasteiger partial charge in [0.15, 0.2) is 0 Å². The van der Waals surface area contributed by atoms with Crippen molar-refractivity contribution in [2.24, 2.45) is 0 Å². The van der Waals surface area contributed by atoms with Crippen LogP contribution in [0, 0.1) is 12.3 Å². The molecule has 1 rings (SSSR count). The molecule has 1 N–H and O–H groups in total. The lowest BCUT2D eigenvalue weighted by molar-refractivity contribution is -0.138. The fourth-order valence-electron chi connectivity index (χ4n) is 1.61. The average molecular weight is 304 g/mol. The molecule has 0 radical (unpaired) electrons. The van der Waals surface area contributed by atoms with Crippen LogP contribution in [-0.4, -0.2) is 35.7 Å². The molecule has 0 amide bonds. The Morgan fingerprint density at radius 1 is 1.55 bits per heavy atom. The summed E-state index contributed by atoms with van der Waals surface area (Å²) in [7, 11) is 0. The molecule has 0 saturated carbocycles. The fraction of sp³-hybridized carbons (Fsp3) is 0.308. The molecule has 4 nitrogen and oxygen atoms in total. The molecular formula is C13H12ClF2NO3. The smallest absolute Gasteiger partial charge is 0.387 e. The van der Waals surface area contributed by atoms with Gasteiger partial charge >= 0.3 is 12.6 Å². The zero-order chi connectivity index (χ0) is 15.1. The predicted molar refractivity (Wildman–Crippen MR) is 69.8 cm³/mol. The van der Waals surface area contributed by atoms with Crippen molar-refractivity contribution in [1.29, 1.82) is 0 Å². The van der Waals surface area contributed by atoms with Gasteiger partial charge in [0.05, 0.1) is 13.1 Å². The number of hydrogen-bond acceptors (Lipinski definition) is 3. The van der Waals surface area contributed by atoms with Crippen LogP contribution in [0.4, 0.5) is 8.78 Å². The predicted octanol–water partition coefficient (Wildman–Crippen LogP) is 2.46.